The number of aliphatic carboxylic acids is 3. The van der Waals surface area contributed by atoms with Gasteiger partial charge in [0.25, 0.3) is 0 Å². The summed E-state index contributed by atoms with van der Waals surface area (Å²) in [5.74, 6) is -8.27. The lowest BCUT2D eigenvalue weighted by Crippen LogP contribution is -2.42. The number of carbonyl (C=O) groups is 3. The number of halogens is 9. The number of nitrogens with zero attached hydrogens (tertiary/aromatic N) is 3. The van der Waals surface area contributed by atoms with E-state index in [4.69, 9.17) is 39.2 Å². The molecule has 258 valence electrons. The average molecular weight is 682 g/mol. The van der Waals surface area contributed by atoms with Crippen LogP contribution in [0, 0.1) is 0 Å². The number of aromatic nitrogens is 2. The number of carboxylic acids is 3. The normalized spacial score (nSPS) is 15.4. The third kappa shape index (κ3) is 15.3. The van der Waals surface area contributed by atoms with Gasteiger partial charge in [0.15, 0.2) is 0 Å². The van der Waals surface area contributed by atoms with Gasteiger partial charge in [-0.1, -0.05) is 6.07 Å². The van der Waals surface area contributed by atoms with Gasteiger partial charge in [-0.05, 0) is 47.6 Å². The molecule has 11 nitrogen and oxygen atoms in total. The highest BCUT2D eigenvalue weighted by Gasteiger charge is 2.39. The molecule has 0 amide bonds. The summed E-state index contributed by atoms with van der Waals surface area (Å²) in [6.45, 7) is 5.12. The largest absolute Gasteiger partial charge is 0.490 e. The minimum Gasteiger partial charge on any atom is -0.475 e. The Balaban J connectivity index is 0.000000413. The Morgan fingerprint density at radius 3 is 1.80 bits per heavy atom. The molecular formula is C26H28F9N3O8. The molecule has 0 unspecified atom stereocenters. The topological polar surface area (TPSA) is 159 Å². The zero-order valence-electron chi connectivity index (χ0n) is 23.5. The molecule has 0 aliphatic carbocycles. The van der Waals surface area contributed by atoms with Gasteiger partial charge in [-0.3, -0.25) is 14.9 Å². The quantitative estimate of drug-likeness (QED) is 0.378. The molecule has 0 saturated carbocycles. The highest BCUT2D eigenvalue weighted by Crippen LogP contribution is 2.26. The van der Waals surface area contributed by atoms with Gasteiger partial charge in [0.2, 0.25) is 0 Å². The van der Waals surface area contributed by atoms with Crippen LogP contribution in [0.5, 0.6) is 0 Å². The van der Waals surface area contributed by atoms with E-state index in [0.717, 1.165) is 51.1 Å². The second kappa shape index (κ2) is 18.2. The standard InChI is InChI=1S/C20H25N3O2.3C2HF3O2/c1-2-16(10-21-6-1)14-25-15-18-12-22-11-17-13-23(7-3-20(17)18)19-4-8-24-9-5-19;3*3-2(4,5)1(6)7/h1-2,6,10-12,19H,3-5,7-9,13-15H2;3*(H,6,7). The van der Waals surface area contributed by atoms with Gasteiger partial charge in [0, 0.05) is 57.1 Å². The second-order valence-corrected chi connectivity index (χ2v) is 9.26. The molecule has 3 N–H and O–H groups in total. The summed E-state index contributed by atoms with van der Waals surface area (Å²) in [5, 5.41) is 21.4. The van der Waals surface area contributed by atoms with Crippen LogP contribution in [0.15, 0.2) is 36.9 Å². The third-order valence-electron chi connectivity index (χ3n) is 5.94. The number of hydrogen-bond acceptors (Lipinski definition) is 8. The number of fused-ring (bicyclic) bond motifs is 1. The molecule has 4 heterocycles. The summed E-state index contributed by atoms with van der Waals surface area (Å²) in [7, 11) is 0. The van der Waals surface area contributed by atoms with Crippen LogP contribution in [0.2, 0.25) is 0 Å². The minimum atomic E-state index is -5.08. The lowest BCUT2D eigenvalue weighted by molar-refractivity contribution is -0.193. The van der Waals surface area contributed by atoms with Crippen molar-refractivity contribution in [3.63, 3.8) is 0 Å². The highest BCUT2D eigenvalue weighted by molar-refractivity contribution is 5.73. The van der Waals surface area contributed by atoms with E-state index in [2.05, 4.69) is 14.9 Å². The van der Waals surface area contributed by atoms with E-state index < -0.39 is 36.4 Å². The van der Waals surface area contributed by atoms with Gasteiger partial charge in [-0.25, -0.2) is 14.4 Å². The average Bonchev–Trinajstić information content (AvgIpc) is 2.97. The molecule has 1 fully saturated rings. The smallest absolute Gasteiger partial charge is 0.475 e. The first-order valence-electron chi connectivity index (χ1n) is 12.9. The Morgan fingerprint density at radius 2 is 1.35 bits per heavy atom. The van der Waals surface area contributed by atoms with E-state index in [-0.39, 0.29) is 0 Å². The van der Waals surface area contributed by atoms with Crippen LogP contribution in [0.4, 0.5) is 39.5 Å². The van der Waals surface area contributed by atoms with Crippen molar-refractivity contribution in [2.45, 2.75) is 63.6 Å². The Bertz CT molecular complexity index is 1200. The van der Waals surface area contributed by atoms with Crippen molar-refractivity contribution in [3.8, 4) is 0 Å². The maximum Gasteiger partial charge on any atom is 0.490 e. The van der Waals surface area contributed by atoms with Crippen LogP contribution in [-0.4, -0.2) is 92.4 Å². The van der Waals surface area contributed by atoms with E-state index in [1.165, 1.54) is 16.7 Å². The summed E-state index contributed by atoms with van der Waals surface area (Å²) in [4.78, 5) is 37.9. The molecule has 0 aromatic carbocycles. The molecule has 46 heavy (non-hydrogen) atoms. The van der Waals surface area contributed by atoms with Gasteiger partial charge < -0.3 is 24.8 Å². The summed E-state index contributed by atoms with van der Waals surface area (Å²) >= 11 is 0. The van der Waals surface area contributed by atoms with Gasteiger partial charge in [-0.15, -0.1) is 0 Å². The summed E-state index contributed by atoms with van der Waals surface area (Å²) in [6, 6.07) is 4.64. The maximum absolute atomic E-state index is 10.6. The Morgan fingerprint density at radius 1 is 0.826 bits per heavy atom. The molecule has 1 saturated heterocycles. The summed E-state index contributed by atoms with van der Waals surface area (Å²) in [5.41, 5.74) is 5.13. The molecule has 0 radical (unpaired) electrons. The first-order chi connectivity index (χ1) is 21.2. The van der Waals surface area contributed by atoms with Gasteiger partial charge in [-0.2, -0.15) is 39.5 Å². The zero-order valence-corrected chi connectivity index (χ0v) is 23.5. The van der Waals surface area contributed by atoms with E-state index in [1.807, 2.05) is 30.7 Å². The fraction of sp³-hybridized carbons (Fsp3) is 0.500. The van der Waals surface area contributed by atoms with Gasteiger partial charge in [0.05, 0.1) is 13.2 Å². The summed E-state index contributed by atoms with van der Waals surface area (Å²) < 4.78 is 107. The first kappa shape index (κ1) is 40.0. The molecule has 0 bridgehead atoms. The second-order valence-electron chi connectivity index (χ2n) is 9.26. The number of pyridine rings is 2. The predicted molar refractivity (Wildman–Crippen MR) is 136 cm³/mol. The van der Waals surface area contributed by atoms with Crippen LogP contribution in [-0.2, 0) is 50.0 Å². The number of rotatable bonds is 5. The van der Waals surface area contributed by atoms with Crippen molar-refractivity contribution in [2.75, 3.05) is 19.8 Å². The van der Waals surface area contributed by atoms with Gasteiger partial charge in [0.1, 0.15) is 0 Å². The lowest BCUT2D eigenvalue weighted by atomic mass is 9.95. The van der Waals surface area contributed by atoms with E-state index in [0.29, 0.717) is 19.3 Å². The monoisotopic (exact) mass is 681 g/mol. The number of alkyl halides is 9. The first-order valence-corrected chi connectivity index (χ1v) is 12.9. The number of carboxylic acid groups (broad SMARTS) is 3. The third-order valence-corrected chi connectivity index (χ3v) is 5.94. The number of ether oxygens (including phenoxy) is 2. The summed E-state index contributed by atoms with van der Waals surface area (Å²) in [6.07, 6.45) is -4.23. The molecule has 20 heteroatoms. The Hall–Kier alpha value is -4.04. The maximum atomic E-state index is 10.6. The van der Waals surface area contributed by atoms with E-state index in [1.54, 1.807) is 6.20 Å². The minimum absolute atomic E-state index is 0.589. The van der Waals surface area contributed by atoms with Crippen molar-refractivity contribution >= 4 is 17.9 Å². The Kier molecular flexibility index (Phi) is 15.8. The van der Waals surface area contributed by atoms with Crippen LogP contribution in [0.25, 0.3) is 0 Å². The molecule has 2 aliphatic rings. The molecule has 2 aromatic heterocycles. The molecule has 0 spiro atoms. The molecule has 2 aromatic rings. The highest BCUT2D eigenvalue weighted by atomic mass is 19.4. The van der Waals surface area contributed by atoms with E-state index >= 15 is 0 Å². The van der Waals surface area contributed by atoms with Crippen molar-refractivity contribution in [2.24, 2.45) is 0 Å². The Labute approximate surface area is 254 Å². The van der Waals surface area contributed by atoms with Crippen molar-refractivity contribution in [1.82, 2.24) is 14.9 Å². The fourth-order valence-electron chi connectivity index (χ4n) is 3.84. The van der Waals surface area contributed by atoms with E-state index in [9.17, 15) is 39.5 Å². The van der Waals surface area contributed by atoms with Crippen LogP contribution in [0.3, 0.4) is 0 Å². The van der Waals surface area contributed by atoms with Gasteiger partial charge >= 0.3 is 36.4 Å². The molecular weight excluding hydrogens is 653 g/mol. The predicted octanol–water partition coefficient (Wildman–Crippen LogP) is 4.63. The van der Waals surface area contributed by atoms with Crippen molar-refractivity contribution < 1.29 is 78.7 Å². The molecule has 2 aliphatic heterocycles. The fourth-order valence-corrected chi connectivity index (χ4v) is 3.84. The number of hydrogen-bond donors (Lipinski definition) is 3. The zero-order chi connectivity index (χ0) is 35.1. The lowest BCUT2D eigenvalue weighted by Gasteiger charge is -2.37. The van der Waals surface area contributed by atoms with Crippen LogP contribution < -0.4 is 0 Å². The molecule has 0 atom stereocenters. The van der Waals surface area contributed by atoms with Crippen LogP contribution >= 0.6 is 0 Å². The van der Waals surface area contributed by atoms with Crippen LogP contribution in [0.1, 0.15) is 35.1 Å². The van der Waals surface area contributed by atoms with Crippen molar-refractivity contribution in [3.05, 3.63) is 59.2 Å². The SMILES string of the molecule is O=C(O)C(F)(F)F.O=C(O)C(F)(F)F.O=C(O)C(F)(F)F.c1cncc(COCc2cncc3c2CCN(C2CCOCC2)C3)c1. The molecule has 4 rings (SSSR count). The van der Waals surface area contributed by atoms with Crippen molar-refractivity contribution in [1.29, 1.82) is 0 Å².